The van der Waals surface area contributed by atoms with Crippen LogP contribution in [-0.4, -0.2) is 15.2 Å². The standard InChI is InChI=1S/C16H17NO2/c1-2-5-14-15(18)10-12(11-16(14)19)7-8-13-6-3-4-9-17-13/h3-4,6-11,18-19H,2,5H2,1H3. The number of aromatic nitrogens is 1. The third kappa shape index (κ3) is 3.35. The van der Waals surface area contributed by atoms with E-state index in [1.807, 2.05) is 37.3 Å². The average Bonchev–Trinajstić information content (AvgIpc) is 2.42. The van der Waals surface area contributed by atoms with Gasteiger partial charge in [0.05, 0.1) is 5.69 Å². The molecule has 0 saturated carbocycles. The van der Waals surface area contributed by atoms with Crippen LogP contribution in [-0.2, 0) is 6.42 Å². The lowest BCUT2D eigenvalue weighted by molar-refractivity contribution is 0.437. The van der Waals surface area contributed by atoms with Gasteiger partial charge in [0.15, 0.2) is 0 Å². The van der Waals surface area contributed by atoms with Crippen molar-refractivity contribution in [1.29, 1.82) is 0 Å². The van der Waals surface area contributed by atoms with E-state index in [0.29, 0.717) is 12.0 Å². The molecule has 98 valence electrons. The SMILES string of the molecule is CCCc1c(O)cc(C=Cc2ccccn2)cc1O. The van der Waals surface area contributed by atoms with Gasteiger partial charge in [0.25, 0.3) is 0 Å². The van der Waals surface area contributed by atoms with Crippen LogP contribution in [0.2, 0.25) is 0 Å². The number of benzene rings is 1. The Kier molecular flexibility index (Phi) is 4.18. The summed E-state index contributed by atoms with van der Waals surface area (Å²) in [6.07, 6.45) is 6.93. The van der Waals surface area contributed by atoms with E-state index in [9.17, 15) is 10.2 Å². The lowest BCUT2D eigenvalue weighted by Crippen LogP contribution is -1.87. The summed E-state index contributed by atoms with van der Waals surface area (Å²) in [7, 11) is 0. The number of phenolic OH excluding ortho intramolecular Hbond substituents is 2. The zero-order valence-electron chi connectivity index (χ0n) is 10.9. The van der Waals surface area contributed by atoms with Crippen molar-refractivity contribution in [1.82, 2.24) is 4.98 Å². The summed E-state index contributed by atoms with van der Waals surface area (Å²) >= 11 is 0. The maximum Gasteiger partial charge on any atom is 0.123 e. The molecular weight excluding hydrogens is 238 g/mol. The molecular formula is C16H17NO2. The summed E-state index contributed by atoms with van der Waals surface area (Å²) in [6, 6.07) is 8.97. The van der Waals surface area contributed by atoms with Crippen LogP contribution in [0.1, 0.15) is 30.2 Å². The van der Waals surface area contributed by atoms with Crippen LogP contribution in [0.15, 0.2) is 36.5 Å². The van der Waals surface area contributed by atoms with Gasteiger partial charge in [-0.2, -0.15) is 0 Å². The lowest BCUT2D eigenvalue weighted by Gasteiger charge is -2.07. The summed E-state index contributed by atoms with van der Waals surface area (Å²) in [4.78, 5) is 4.17. The summed E-state index contributed by atoms with van der Waals surface area (Å²) < 4.78 is 0. The molecule has 0 aliphatic carbocycles. The first-order valence-electron chi connectivity index (χ1n) is 6.34. The summed E-state index contributed by atoms with van der Waals surface area (Å²) in [6.45, 7) is 2.01. The molecule has 0 atom stereocenters. The Labute approximate surface area is 112 Å². The number of nitrogens with zero attached hydrogens (tertiary/aromatic N) is 1. The Morgan fingerprint density at radius 3 is 2.42 bits per heavy atom. The zero-order chi connectivity index (χ0) is 13.7. The molecule has 0 bridgehead atoms. The first-order chi connectivity index (χ1) is 9.20. The van der Waals surface area contributed by atoms with E-state index < -0.39 is 0 Å². The van der Waals surface area contributed by atoms with Crippen LogP contribution < -0.4 is 0 Å². The second kappa shape index (κ2) is 6.05. The Hall–Kier alpha value is -2.29. The Balaban J connectivity index is 2.25. The predicted molar refractivity (Wildman–Crippen MR) is 76.9 cm³/mol. The van der Waals surface area contributed by atoms with E-state index in [-0.39, 0.29) is 11.5 Å². The van der Waals surface area contributed by atoms with Gasteiger partial charge in [-0.3, -0.25) is 4.98 Å². The molecule has 1 aromatic heterocycles. The maximum absolute atomic E-state index is 9.89. The smallest absolute Gasteiger partial charge is 0.123 e. The molecule has 2 N–H and O–H groups in total. The normalized spacial score (nSPS) is 11.0. The minimum atomic E-state index is 0.141. The molecule has 0 amide bonds. The quantitative estimate of drug-likeness (QED) is 0.877. The number of rotatable bonds is 4. The van der Waals surface area contributed by atoms with E-state index >= 15 is 0 Å². The Morgan fingerprint density at radius 1 is 1.11 bits per heavy atom. The highest BCUT2D eigenvalue weighted by atomic mass is 16.3. The van der Waals surface area contributed by atoms with E-state index in [0.717, 1.165) is 17.7 Å². The van der Waals surface area contributed by atoms with E-state index in [1.54, 1.807) is 18.3 Å². The molecule has 3 heteroatoms. The number of hydrogen-bond donors (Lipinski definition) is 2. The van der Waals surface area contributed by atoms with Gasteiger partial charge in [0.2, 0.25) is 0 Å². The van der Waals surface area contributed by atoms with Crippen molar-refractivity contribution >= 4 is 12.2 Å². The van der Waals surface area contributed by atoms with E-state index in [2.05, 4.69) is 4.98 Å². The molecule has 2 rings (SSSR count). The van der Waals surface area contributed by atoms with Crippen molar-refractivity contribution in [2.45, 2.75) is 19.8 Å². The Bertz CT molecular complexity index is 554. The molecule has 0 unspecified atom stereocenters. The fourth-order valence-corrected chi connectivity index (χ4v) is 1.92. The van der Waals surface area contributed by atoms with Crippen LogP contribution in [0.5, 0.6) is 11.5 Å². The number of aromatic hydroxyl groups is 2. The van der Waals surface area contributed by atoms with Crippen LogP contribution in [0.4, 0.5) is 0 Å². The van der Waals surface area contributed by atoms with E-state index in [4.69, 9.17) is 0 Å². The van der Waals surface area contributed by atoms with Gasteiger partial charge >= 0.3 is 0 Å². The van der Waals surface area contributed by atoms with Gasteiger partial charge in [-0.15, -0.1) is 0 Å². The van der Waals surface area contributed by atoms with Crippen LogP contribution in [0.3, 0.4) is 0 Å². The van der Waals surface area contributed by atoms with Gasteiger partial charge in [-0.25, -0.2) is 0 Å². The third-order valence-electron chi connectivity index (χ3n) is 2.86. The minimum absolute atomic E-state index is 0.141. The summed E-state index contributed by atoms with van der Waals surface area (Å²) in [5, 5.41) is 19.8. The first kappa shape index (κ1) is 13.1. The molecule has 0 saturated heterocycles. The van der Waals surface area contributed by atoms with Crippen LogP contribution >= 0.6 is 0 Å². The Morgan fingerprint density at radius 2 is 1.84 bits per heavy atom. The number of pyridine rings is 1. The van der Waals surface area contributed by atoms with Crippen molar-refractivity contribution in [2.24, 2.45) is 0 Å². The monoisotopic (exact) mass is 255 g/mol. The fraction of sp³-hybridized carbons (Fsp3) is 0.188. The van der Waals surface area contributed by atoms with Gasteiger partial charge in [0, 0.05) is 11.8 Å². The van der Waals surface area contributed by atoms with Gasteiger partial charge in [0.1, 0.15) is 11.5 Å². The van der Waals surface area contributed by atoms with Crippen molar-refractivity contribution in [3.63, 3.8) is 0 Å². The number of hydrogen-bond acceptors (Lipinski definition) is 3. The van der Waals surface area contributed by atoms with Gasteiger partial charge in [-0.05, 0) is 42.3 Å². The number of phenols is 2. The molecule has 0 radical (unpaired) electrons. The minimum Gasteiger partial charge on any atom is -0.508 e. The highest BCUT2D eigenvalue weighted by Gasteiger charge is 2.07. The van der Waals surface area contributed by atoms with Crippen LogP contribution in [0.25, 0.3) is 12.2 Å². The molecule has 0 aliphatic rings. The largest absolute Gasteiger partial charge is 0.508 e. The predicted octanol–water partition coefficient (Wildman–Crippen LogP) is 3.62. The lowest BCUT2D eigenvalue weighted by atomic mass is 10.0. The highest BCUT2D eigenvalue weighted by Crippen LogP contribution is 2.30. The third-order valence-corrected chi connectivity index (χ3v) is 2.86. The molecule has 19 heavy (non-hydrogen) atoms. The summed E-state index contributed by atoms with van der Waals surface area (Å²) in [5.41, 5.74) is 2.19. The van der Waals surface area contributed by atoms with Gasteiger partial charge in [-0.1, -0.05) is 25.5 Å². The van der Waals surface area contributed by atoms with Gasteiger partial charge < -0.3 is 10.2 Å². The summed E-state index contributed by atoms with van der Waals surface area (Å²) in [5.74, 6) is 0.282. The first-order valence-corrected chi connectivity index (χ1v) is 6.34. The highest BCUT2D eigenvalue weighted by molar-refractivity contribution is 5.70. The van der Waals surface area contributed by atoms with Crippen molar-refractivity contribution in [3.05, 3.63) is 53.3 Å². The van der Waals surface area contributed by atoms with Crippen molar-refractivity contribution in [3.8, 4) is 11.5 Å². The second-order valence-electron chi connectivity index (χ2n) is 4.38. The van der Waals surface area contributed by atoms with Crippen molar-refractivity contribution < 1.29 is 10.2 Å². The van der Waals surface area contributed by atoms with E-state index in [1.165, 1.54) is 0 Å². The zero-order valence-corrected chi connectivity index (χ0v) is 10.9. The molecule has 1 heterocycles. The molecule has 2 aromatic rings. The van der Waals surface area contributed by atoms with Crippen molar-refractivity contribution in [2.75, 3.05) is 0 Å². The molecule has 3 nitrogen and oxygen atoms in total. The molecule has 0 fully saturated rings. The van der Waals surface area contributed by atoms with Crippen LogP contribution in [0, 0.1) is 0 Å². The molecule has 1 aromatic carbocycles. The maximum atomic E-state index is 9.89. The molecule has 0 spiro atoms. The second-order valence-corrected chi connectivity index (χ2v) is 4.38. The topological polar surface area (TPSA) is 53.4 Å². The molecule has 0 aliphatic heterocycles. The average molecular weight is 255 g/mol. The fourth-order valence-electron chi connectivity index (χ4n) is 1.92.